The molecule has 102 valence electrons. The molecule has 1 atom stereocenters. The molecule has 0 saturated heterocycles. The Morgan fingerprint density at radius 2 is 2.16 bits per heavy atom. The standard InChI is InChI=1S/C14H16Cl2N2S/c1-3-13(11-5-4-10(15)6-12(11)16)17-7-14-9(2)18-8-19-14/h4-6,8,13,17H,3,7H2,1-2H3. The van der Waals surface area contributed by atoms with Crippen molar-refractivity contribution in [1.29, 1.82) is 0 Å². The van der Waals surface area contributed by atoms with E-state index in [0.717, 1.165) is 24.2 Å². The number of rotatable bonds is 5. The second-order valence-corrected chi connectivity index (χ2v) is 6.15. The van der Waals surface area contributed by atoms with Gasteiger partial charge in [-0.2, -0.15) is 0 Å². The number of hydrogen-bond acceptors (Lipinski definition) is 3. The molecule has 0 amide bonds. The fourth-order valence-corrected chi connectivity index (χ4v) is 3.24. The minimum atomic E-state index is 0.228. The number of nitrogens with one attached hydrogen (secondary N) is 1. The van der Waals surface area contributed by atoms with E-state index in [1.165, 1.54) is 4.88 Å². The molecule has 2 rings (SSSR count). The Balaban J connectivity index is 2.10. The first-order valence-corrected chi connectivity index (χ1v) is 7.82. The van der Waals surface area contributed by atoms with E-state index in [1.54, 1.807) is 17.4 Å². The molecule has 0 aliphatic heterocycles. The highest BCUT2D eigenvalue weighted by molar-refractivity contribution is 7.09. The lowest BCUT2D eigenvalue weighted by atomic mass is 10.0. The normalized spacial score (nSPS) is 12.6. The van der Waals surface area contributed by atoms with Crippen LogP contribution in [-0.4, -0.2) is 4.98 Å². The third-order valence-corrected chi connectivity index (χ3v) is 4.60. The summed E-state index contributed by atoms with van der Waals surface area (Å²) < 4.78 is 0. The average Bonchev–Trinajstić information content (AvgIpc) is 2.78. The van der Waals surface area contributed by atoms with E-state index in [-0.39, 0.29) is 6.04 Å². The summed E-state index contributed by atoms with van der Waals surface area (Å²) in [5.41, 5.74) is 4.06. The lowest BCUT2D eigenvalue weighted by molar-refractivity contribution is 0.521. The Bertz CT molecular complexity index is 554. The SMILES string of the molecule is CCC(NCc1scnc1C)c1ccc(Cl)cc1Cl. The van der Waals surface area contributed by atoms with Crippen molar-refractivity contribution in [3.8, 4) is 0 Å². The summed E-state index contributed by atoms with van der Waals surface area (Å²) in [4.78, 5) is 5.52. The largest absolute Gasteiger partial charge is 0.305 e. The van der Waals surface area contributed by atoms with Gasteiger partial charge in [0.2, 0.25) is 0 Å². The zero-order chi connectivity index (χ0) is 13.8. The summed E-state index contributed by atoms with van der Waals surface area (Å²) in [6.07, 6.45) is 0.971. The van der Waals surface area contributed by atoms with Gasteiger partial charge in [-0.25, -0.2) is 4.98 Å². The summed E-state index contributed by atoms with van der Waals surface area (Å²) in [7, 11) is 0. The number of aromatic nitrogens is 1. The van der Waals surface area contributed by atoms with Crippen LogP contribution in [0.2, 0.25) is 10.0 Å². The minimum absolute atomic E-state index is 0.228. The van der Waals surface area contributed by atoms with Crippen LogP contribution >= 0.6 is 34.5 Å². The summed E-state index contributed by atoms with van der Waals surface area (Å²) in [6.45, 7) is 4.99. The Hall–Kier alpha value is -0.610. The summed E-state index contributed by atoms with van der Waals surface area (Å²) in [5.74, 6) is 0. The summed E-state index contributed by atoms with van der Waals surface area (Å²) in [6, 6.07) is 5.89. The number of benzene rings is 1. The van der Waals surface area contributed by atoms with Gasteiger partial charge in [0, 0.05) is 27.5 Å². The van der Waals surface area contributed by atoms with Crippen LogP contribution in [0.5, 0.6) is 0 Å². The van der Waals surface area contributed by atoms with Gasteiger partial charge in [-0.3, -0.25) is 0 Å². The maximum absolute atomic E-state index is 6.26. The molecule has 0 spiro atoms. The third kappa shape index (κ3) is 3.69. The fourth-order valence-electron chi connectivity index (χ4n) is 1.97. The Morgan fingerprint density at radius 3 is 2.74 bits per heavy atom. The topological polar surface area (TPSA) is 24.9 Å². The van der Waals surface area contributed by atoms with Crippen molar-refractivity contribution in [1.82, 2.24) is 10.3 Å². The number of nitrogens with zero attached hydrogens (tertiary/aromatic N) is 1. The quantitative estimate of drug-likeness (QED) is 0.840. The lowest BCUT2D eigenvalue weighted by Crippen LogP contribution is -2.20. The predicted octanol–water partition coefficient (Wildman–Crippen LogP) is 5.00. The van der Waals surface area contributed by atoms with Gasteiger partial charge in [-0.15, -0.1) is 11.3 Å². The van der Waals surface area contributed by atoms with Crippen LogP contribution in [0.15, 0.2) is 23.7 Å². The Labute approximate surface area is 127 Å². The van der Waals surface area contributed by atoms with E-state index >= 15 is 0 Å². The third-order valence-electron chi connectivity index (χ3n) is 3.10. The fraction of sp³-hybridized carbons (Fsp3) is 0.357. The molecule has 0 aliphatic rings. The molecule has 0 radical (unpaired) electrons. The molecule has 1 unspecified atom stereocenters. The van der Waals surface area contributed by atoms with Gasteiger partial charge in [-0.1, -0.05) is 36.2 Å². The number of hydrogen-bond donors (Lipinski definition) is 1. The molecule has 1 heterocycles. The van der Waals surface area contributed by atoms with Gasteiger partial charge in [0.15, 0.2) is 0 Å². The molecule has 0 aliphatic carbocycles. The Kier molecular flexibility index (Phi) is 5.22. The van der Waals surface area contributed by atoms with Gasteiger partial charge < -0.3 is 5.32 Å². The number of aryl methyl sites for hydroxylation is 1. The van der Waals surface area contributed by atoms with Crippen LogP contribution < -0.4 is 5.32 Å². The van der Waals surface area contributed by atoms with Crippen molar-refractivity contribution < 1.29 is 0 Å². The predicted molar refractivity (Wildman–Crippen MR) is 83.2 cm³/mol. The molecular weight excluding hydrogens is 299 g/mol. The van der Waals surface area contributed by atoms with E-state index in [4.69, 9.17) is 23.2 Å². The van der Waals surface area contributed by atoms with Crippen LogP contribution in [0.3, 0.4) is 0 Å². The molecule has 0 fully saturated rings. The molecule has 1 N–H and O–H groups in total. The molecule has 1 aromatic carbocycles. The second-order valence-electron chi connectivity index (χ2n) is 4.37. The second kappa shape index (κ2) is 6.71. The lowest BCUT2D eigenvalue weighted by Gasteiger charge is -2.18. The Morgan fingerprint density at radius 1 is 1.37 bits per heavy atom. The first kappa shape index (κ1) is 14.8. The van der Waals surface area contributed by atoms with Crippen LogP contribution in [0, 0.1) is 6.92 Å². The maximum Gasteiger partial charge on any atom is 0.0798 e. The van der Waals surface area contributed by atoms with E-state index in [2.05, 4.69) is 17.2 Å². The first-order valence-electron chi connectivity index (χ1n) is 6.19. The molecular formula is C14H16Cl2N2S. The van der Waals surface area contributed by atoms with E-state index in [0.29, 0.717) is 10.0 Å². The van der Waals surface area contributed by atoms with Crippen molar-refractivity contribution in [3.05, 3.63) is 49.9 Å². The van der Waals surface area contributed by atoms with E-state index < -0.39 is 0 Å². The monoisotopic (exact) mass is 314 g/mol. The van der Waals surface area contributed by atoms with Crippen LogP contribution in [0.25, 0.3) is 0 Å². The van der Waals surface area contributed by atoms with Crippen molar-refractivity contribution in [2.24, 2.45) is 0 Å². The van der Waals surface area contributed by atoms with E-state index in [1.807, 2.05) is 24.6 Å². The maximum atomic E-state index is 6.26. The zero-order valence-electron chi connectivity index (χ0n) is 10.9. The van der Waals surface area contributed by atoms with Crippen molar-refractivity contribution in [2.75, 3.05) is 0 Å². The minimum Gasteiger partial charge on any atom is -0.305 e. The van der Waals surface area contributed by atoms with Crippen LogP contribution in [0.4, 0.5) is 0 Å². The van der Waals surface area contributed by atoms with Gasteiger partial charge in [0.05, 0.1) is 11.2 Å². The summed E-state index contributed by atoms with van der Waals surface area (Å²) >= 11 is 13.9. The number of thiazole rings is 1. The van der Waals surface area contributed by atoms with E-state index in [9.17, 15) is 0 Å². The highest BCUT2D eigenvalue weighted by Gasteiger charge is 2.13. The molecule has 2 nitrogen and oxygen atoms in total. The van der Waals surface area contributed by atoms with Gasteiger partial charge >= 0.3 is 0 Å². The van der Waals surface area contributed by atoms with Crippen molar-refractivity contribution in [2.45, 2.75) is 32.9 Å². The van der Waals surface area contributed by atoms with Crippen LogP contribution in [-0.2, 0) is 6.54 Å². The van der Waals surface area contributed by atoms with Gasteiger partial charge in [0.25, 0.3) is 0 Å². The highest BCUT2D eigenvalue weighted by atomic mass is 35.5. The molecule has 5 heteroatoms. The van der Waals surface area contributed by atoms with Gasteiger partial charge in [-0.05, 0) is 31.0 Å². The molecule has 1 aromatic heterocycles. The molecule has 2 aromatic rings. The molecule has 19 heavy (non-hydrogen) atoms. The average molecular weight is 315 g/mol. The first-order chi connectivity index (χ1) is 9.11. The molecule has 0 bridgehead atoms. The zero-order valence-corrected chi connectivity index (χ0v) is 13.2. The van der Waals surface area contributed by atoms with Crippen molar-refractivity contribution >= 4 is 34.5 Å². The highest BCUT2D eigenvalue weighted by Crippen LogP contribution is 2.28. The molecule has 0 saturated carbocycles. The summed E-state index contributed by atoms with van der Waals surface area (Å²) in [5, 5.41) is 4.92. The van der Waals surface area contributed by atoms with Crippen molar-refractivity contribution in [3.63, 3.8) is 0 Å². The van der Waals surface area contributed by atoms with Gasteiger partial charge in [0.1, 0.15) is 0 Å². The van der Waals surface area contributed by atoms with Crippen LogP contribution in [0.1, 0.15) is 35.5 Å². The number of halogens is 2. The smallest absolute Gasteiger partial charge is 0.0798 e.